The SMILES string of the molecule is CC(=O)c1cccc(NC(=O)c2sc(Nc3ccc(C)cc3)c(C(=O)NCCN3CCOCC3)c2N)c1. The Labute approximate surface area is 220 Å². The summed E-state index contributed by atoms with van der Waals surface area (Å²) in [5.74, 6) is -0.913. The summed E-state index contributed by atoms with van der Waals surface area (Å²) in [6.07, 6.45) is 0. The van der Waals surface area contributed by atoms with E-state index in [1.54, 1.807) is 24.3 Å². The van der Waals surface area contributed by atoms with Crippen LogP contribution in [0.5, 0.6) is 0 Å². The fourth-order valence-electron chi connectivity index (χ4n) is 3.94. The molecule has 3 aromatic rings. The van der Waals surface area contributed by atoms with Crippen LogP contribution in [0.4, 0.5) is 22.1 Å². The van der Waals surface area contributed by atoms with E-state index in [4.69, 9.17) is 10.5 Å². The van der Waals surface area contributed by atoms with Crippen LogP contribution < -0.4 is 21.7 Å². The van der Waals surface area contributed by atoms with Crippen LogP contribution in [0.25, 0.3) is 0 Å². The van der Waals surface area contributed by atoms with Gasteiger partial charge < -0.3 is 26.4 Å². The number of nitrogen functional groups attached to an aromatic ring is 1. The highest BCUT2D eigenvalue weighted by molar-refractivity contribution is 7.19. The van der Waals surface area contributed by atoms with Crippen LogP contribution in [0.2, 0.25) is 0 Å². The summed E-state index contributed by atoms with van der Waals surface area (Å²) in [5.41, 5.74) is 9.56. The Morgan fingerprint density at radius 1 is 1.03 bits per heavy atom. The molecule has 0 radical (unpaired) electrons. The van der Waals surface area contributed by atoms with Gasteiger partial charge in [-0.2, -0.15) is 0 Å². The molecule has 1 fully saturated rings. The van der Waals surface area contributed by atoms with Gasteiger partial charge >= 0.3 is 0 Å². The van der Waals surface area contributed by atoms with Crippen LogP contribution in [-0.4, -0.2) is 61.9 Å². The first-order valence-corrected chi connectivity index (χ1v) is 12.9. The zero-order chi connectivity index (χ0) is 26.4. The molecule has 4 rings (SSSR count). The molecule has 2 aromatic carbocycles. The first-order valence-electron chi connectivity index (χ1n) is 12.1. The van der Waals surface area contributed by atoms with Gasteiger partial charge in [0.25, 0.3) is 11.8 Å². The smallest absolute Gasteiger partial charge is 0.267 e. The number of aryl methyl sites for hydroxylation is 1. The highest BCUT2D eigenvalue weighted by Crippen LogP contribution is 2.38. The maximum Gasteiger partial charge on any atom is 0.267 e. The zero-order valence-electron chi connectivity index (χ0n) is 20.9. The van der Waals surface area contributed by atoms with Crippen molar-refractivity contribution in [3.05, 3.63) is 70.1 Å². The van der Waals surface area contributed by atoms with E-state index in [2.05, 4.69) is 20.9 Å². The predicted octanol–water partition coefficient (Wildman–Crippen LogP) is 3.90. The van der Waals surface area contributed by atoms with Crippen molar-refractivity contribution in [1.29, 1.82) is 0 Å². The number of nitrogens with zero attached hydrogens (tertiary/aromatic N) is 1. The molecule has 37 heavy (non-hydrogen) atoms. The first-order chi connectivity index (χ1) is 17.8. The number of ketones is 1. The van der Waals surface area contributed by atoms with Crippen molar-refractivity contribution in [3.8, 4) is 0 Å². The van der Waals surface area contributed by atoms with Gasteiger partial charge in [0.05, 0.1) is 24.5 Å². The van der Waals surface area contributed by atoms with Crippen LogP contribution in [0.15, 0.2) is 48.5 Å². The monoisotopic (exact) mass is 521 g/mol. The molecule has 194 valence electrons. The number of benzene rings is 2. The Kier molecular flexibility index (Phi) is 8.54. The van der Waals surface area contributed by atoms with Crippen LogP contribution in [0.3, 0.4) is 0 Å². The predicted molar refractivity (Wildman–Crippen MR) is 147 cm³/mol. The number of carbonyl (C=O) groups is 3. The highest BCUT2D eigenvalue weighted by atomic mass is 32.1. The lowest BCUT2D eigenvalue weighted by Gasteiger charge is -2.26. The van der Waals surface area contributed by atoms with Crippen molar-refractivity contribution in [2.45, 2.75) is 13.8 Å². The highest BCUT2D eigenvalue weighted by Gasteiger charge is 2.26. The van der Waals surface area contributed by atoms with Crippen LogP contribution in [-0.2, 0) is 4.74 Å². The molecule has 9 nitrogen and oxygen atoms in total. The van der Waals surface area contributed by atoms with Gasteiger partial charge in [-0.1, -0.05) is 29.8 Å². The number of nitrogens with two attached hydrogens (primary N) is 1. The largest absolute Gasteiger partial charge is 0.397 e. The summed E-state index contributed by atoms with van der Waals surface area (Å²) in [5, 5.41) is 9.46. The average Bonchev–Trinajstić information content (AvgIpc) is 3.21. The second kappa shape index (κ2) is 12.0. The number of amides is 2. The van der Waals surface area contributed by atoms with Gasteiger partial charge in [-0.25, -0.2) is 0 Å². The van der Waals surface area contributed by atoms with E-state index in [9.17, 15) is 14.4 Å². The number of nitrogens with one attached hydrogen (secondary N) is 3. The van der Waals surface area contributed by atoms with Gasteiger partial charge in [0.2, 0.25) is 0 Å². The lowest BCUT2D eigenvalue weighted by atomic mass is 10.1. The maximum absolute atomic E-state index is 13.2. The second-order valence-electron chi connectivity index (χ2n) is 8.84. The molecule has 0 aliphatic carbocycles. The summed E-state index contributed by atoms with van der Waals surface area (Å²) in [7, 11) is 0. The third-order valence-corrected chi connectivity index (χ3v) is 7.15. The van der Waals surface area contributed by atoms with Gasteiger partial charge in [0.15, 0.2) is 5.78 Å². The molecule has 0 bridgehead atoms. The molecule has 0 unspecified atom stereocenters. The number of anilines is 4. The van der Waals surface area contributed by atoms with Crippen LogP contribution >= 0.6 is 11.3 Å². The third kappa shape index (κ3) is 6.73. The lowest BCUT2D eigenvalue weighted by molar-refractivity contribution is 0.0383. The lowest BCUT2D eigenvalue weighted by Crippen LogP contribution is -2.41. The van der Waals surface area contributed by atoms with Crippen molar-refractivity contribution in [3.63, 3.8) is 0 Å². The quantitative estimate of drug-likeness (QED) is 0.315. The molecule has 1 aromatic heterocycles. The summed E-state index contributed by atoms with van der Waals surface area (Å²) in [4.78, 5) is 40.6. The molecule has 0 atom stereocenters. The molecule has 0 spiro atoms. The molecule has 2 amide bonds. The van der Waals surface area contributed by atoms with Crippen molar-refractivity contribution < 1.29 is 19.1 Å². The fourth-order valence-corrected chi connectivity index (χ4v) is 4.97. The van der Waals surface area contributed by atoms with Gasteiger partial charge in [0, 0.05) is 43.1 Å². The Bertz CT molecular complexity index is 1280. The molecule has 2 heterocycles. The summed E-state index contributed by atoms with van der Waals surface area (Å²) in [6.45, 7) is 7.61. The molecule has 1 aliphatic rings. The number of morpholine rings is 1. The molecular weight excluding hydrogens is 490 g/mol. The minimum absolute atomic E-state index is 0.101. The summed E-state index contributed by atoms with van der Waals surface area (Å²) < 4.78 is 5.37. The molecule has 0 saturated carbocycles. The van der Waals surface area contributed by atoms with E-state index in [1.165, 1.54) is 6.92 Å². The van der Waals surface area contributed by atoms with Gasteiger partial charge in [-0.3, -0.25) is 19.3 Å². The fraction of sp³-hybridized carbons (Fsp3) is 0.296. The van der Waals surface area contributed by atoms with E-state index in [0.29, 0.717) is 42.6 Å². The van der Waals surface area contributed by atoms with Crippen molar-refractivity contribution in [2.24, 2.45) is 0 Å². The minimum atomic E-state index is -0.456. The maximum atomic E-state index is 13.2. The van der Waals surface area contributed by atoms with Crippen molar-refractivity contribution in [1.82, 2.24) is 10.2 Å². The van der Waals surface area contributed by atoms with E-state index in [0.717, 1.165) is 35.7 Å². The number of rotatable bonds is 9. The molecule has 10 heteroatoms. The van der Waals surface area contributed by atoms with Gasteiger partial charge in [0.1, 0.15) is 9.88 Å². The topological polar surface area (TPSA) is 126 Å². The molecule has 1 aliphatic heterocycles. The summed E-state index contributed by atoms with van der Waals surface area (Å²) >= 11 is 1.11. The van der Waals surface area contributed by atoms with Gasteiger partial charge in [-0.05, 0) is 38.1 Å². The Morgan fingerprint density at radius 2 is 1.76 bits per heavy atom. The average molecular weight is 522 g/mol. The number of hydrogen-bond acceptors (Lipinski definition) is 8. The molecule has 1 saturated heterocycles. The zero-order valence-corrected chi connectivity index (χ0v) is 21.7. The molecular formula is C27H31N5O4S. The second-order valence-corrected chi connectivity index (χ2v) is 9.86. The van der Waals surface area contributed by atoms with Crippen molar-refractivity contribution in [2.75, 3.05) is 55.8 Å². The Balaban J connectivity index is 1.56. The summed E-state index contributed by atoms with van der Waals surface area (Å²) in [6, 6.07) is 14.4. The number of thiophene rings is 1. The standard InChI is InChI=1S/C27H31N5O4S/c1-17-6-8-20(9-7-17)31-27-22(25(34)29-10-11-32-12-14-36-15-13-32)23(28)24(37-27)26(35)30-21-5-3-4-19(16-21)18(2)33/h3-9,16,31H,10-15,28H2,1-2H3,(H,29,34)(H,30,35). The van der Waals surface area contributed by atoms with Crippen LogP contribution in [0.1, 0.15) is 42.9 Å². The van der Waals surface area contributed by atoms with Crippen molar-refractivity contribution >= 4 is 51.0 Å². The number of ether oxygens (including phenoxy) is 1. The molecule has 5 N–H and O–H groups in total. The third-order valence-electron chi connectivity index (χ3n) is 6.03. The normalized spacial score (nSPS) is 13.7. The number of hydrogen-bond donors (Lipinski definition) is 4. The van der Waals surface area contributed by atoms with E-state index in [1.807, 2.05) is 31.2 Å². The Morgan fingerprint density at radius 3 is 2.46 bits per heavy atom. The van der Waals surface area contributed by atoms with E-state index in [-0.39, 0.29) is 27.8 Å². The number of Topliss-reactive ketones (excluding diaryl/α,β-unsaturated/α-hetero) is 1. The Hall–Kier alpha value is -3.73. The van der Waals surface area contributed by atoms with E-state index < -0.39 is 5.91 Å². The number of carbonyl (C=O) groups excluding carboxylic acids is 3. The minimum Gasteiger partial charge on any atom is -0.397 e. The van der Waals surface area contributed by atoms with E-state index >= 15 is 0 Å². The van der Waals surface area contributed by atoms with Gasteiger partial charge in [-0.15, -0.1) is 11.3 Å². The first kappa shape index (κ1) is 26.3. The van der Waals surface area contributed by atoms with Crippen LogP contribution in [0, 0.1) is 6.92 Å².